The van der Waals surface area contributed by atoms with Gasteiger partial charge in [-0.1, -0.05) is 27.7 Å². The summed E-state index contributed by atoms with van der Waals surface area (Å²) in [7, 11) is 1.85. The normalized spacial score (nSPS) is 19.5. The van der Waals surface area contributed by atoms with Gasteiger partial charge in [-0.3, -0.25) is 4.99 Å². The van der Waals surface area contributed by atoms with Crippen LogP contribution >= 0.6 is 0 Å². The lowest BCUT2D eigenvalue weighted by Gasteiger charge is -2.35. The van der Waals surface area contributed by atoms with E-state index in [0.717, 1.165) is 25.0 Å². The van der Waals surface area contributed by atoms with Gasteiger partial charge in [0.25, 0.3) is 0 Å². The molecule has 2 N–H and O–H groups in total. The number of aliphatic imine (C=N–C) groups is 1. The number of rotatable bonds is 8. The molecule has 0 spiro atoms. The van der Waals surface area contributed by atoms with E-state index in [1.807, 2.05) is 7.05 Å². The molecular weight excluding hydrogens is 274 g/mol. The molecule has 5 heteroatoms. The maximum atomic E-state index is 4.30. The Kier molecular flexibility index (Phi) is 9.48. The Balaban J connectivity index is 2.17. The first-order chi connectivity index (χ1) is 10.5. The molecule has 0 aromatic rings. The second kappa shape index (κ2) is 10.8. The van der Waals surface area contributed by atoms with Gasteiger partial charge in [-0.15, -0.1) is 0 Å². The van der Waals surface area contributed by atoms with Gasteiger partial charge in [-0.2, -0.15) is 0 Å². The van der Waals surface area contributed by atoms with Gasteiger partial charge in [0.2, 0.25) is 0 Å². The van der Waals surface area contributed by atoms with Gasteiger partial charge in [-0.25, -0.2) is 0 Å². The Hall–Kier alpha value is -0.810. The van der Waals surface area contributed by atoms with E-state index in [9.17, 15) is 0 Å². The summed E-state index contributed by atoms with van der Waals surface area (Å²) < 4.78 is 0. The van der Waals surface area contributed by atoms with Crippen LogP contribution in [0.3, 0.4) is 0 Å². The van der Waals surface area contributed by atoms with Crippen LogP contribution in [0, 0.1) is 11.8 Å². The van der Waals surface area contributed by atoms with Crippen molar-refractivity contribution in [3.8, 4) is 0 Å². The highest BCUT2D eigenvalue weighted by molar-refractivity contribution is 5.79. The van der Waals surface area contributed by atoms with Crippen LogP contribution in [-0.4, -0.2) is 75.2 Å². The van der Waals surface area contributed by atoms with Crippen molar-refractivity contribution in [3.63, 3.8) is 0 Å². The summed E-state index contributed by atoms with van der Waals surface area (Å²) in [6.07, 6.45) is 1.18. The lowest BCUT2D eigenvalue weighted by molar-refractivity contribution is 0.124. The Morgan fingerprint density at radius 3 is 2.23 bits per heavy atom. The van der Waals surface area contributed by atoms with Crippen LogP contribution in [0.1, 0.15) is 34.1 Å². The van der Waals surface area contributed by atoms with Gasteiger partial charge >= 0.3 is 0 Å². The highest BCUT2D eigenvalue weighted by atomic mass is 15.3. The summed E-state index contributed by atoms with van der Waals surface area (Å²) in [5, 5.41) is 6.85. The van der Waals surface area contributed by atoms with Gasteiger partial charge in [0.05, 0.1) is 0 Å². The summed E-state index contributed by atoms with van der Waals surface area (Å²) in [6, 6.07) is 0. The maximum absolute atomic E-state index is 4.30. The van der Waals surface area contributed by atoms with E-state index in [4.69, 9.17) is 0 Å². The predicted molar refractivity (Wildman–Crippen MR) is 96.5 cm³/mol. The predicted octanol–water partition coefficient (Wildman–Crippen LogP) is 1.47. The summed E-state index contributed by atoms with van der Waals surface area (Å²) >= 11 is 0. The number of nitrogens with one attached hydrogen (secondary N) is 2. The fourth-order valence-corrected chi connectivity index (χ4v) is 2.76. The van der Waals surface area contributed by atoms with Crippen LogP contribution in [0.15, 0.2) is 4.99 Å². The molecule has 1 aliphatic rings. The molecule has 130 valence electrons. The molecule has 0 amide bonds. The zero-order valence-electron chi connectivity index (χ0n) is 15.4. The number of nitrogens with zero attached hydrogens (tertiary/aromatic N) is 3. The van der Waals surface area contributed by atoms with E-state index in [0.29, 0.717) is 5.92 Å². The van der Waals surface area contributed by atoms with E-state index in [-0.39, 0.29) is 0 Å². The third kappa shape index (κ3) is 7.99. The zero-order valence-corrected chi connectivity index (χ0v) is 15.4. The standard InChI is InChI=1S/C17H37N5/c1-6-21-9-11-22(12-10-21)14-16(4)13-20-17(18-5)19-8-7-15(2)3/h15-16H,6-14H2,1-5H3,(H2,18,19,20). The smallest absolute Gasteiger partial charge is 0.190 e. The Bertz CT molecular complexity index is 308. The second-order valence-electron chi connectivity index (χ2n) is 6.90. The molecule has 1 aliphatic heterocycles. The first kappa shape index (κ1) is 19.2. The van der Waals surface area contributed by atoms with Crippen molar-refractivity contribution >= 4 is 5.96 Å². The van der Waals surface area contributed by atoms with Crippen LogP contribution < -0.4 is 10.6 Å². The topological polar surface area (TPSA) is 42.9 Å². The Morgan fingerprint density at radius 1 is 1.05 bits per heavy atom. The minimum absolute atomic E-state index is 0.636. The molecule has 1 fully saturated rings. The Labute approximate surface area is 137 Å². The number of guanidine groups is 1. The maximum Gasteiger partial charge on any atom is 0.190 e. The second-order valence-corrected chi connectivity index (χ2v) is 6.90. The molecule has 0 saturated carbocycles. The molecular formula is C17H37N5. The highest BCUT2D eigenvalue weighted by Crippen LogP contribution is 2.05. The number of hydrogen-bond donors (Lipinski definition) is 2. The van der Waals surface area contributed by atoms with Crippen LogP contribution in [0.4, 0.5) is 0 Å². The van der Waals surface area contributed by atoms with Crippen LogP contribution in [-0.2, 0) is 0 Å². The molecule has 1 rings (SSSR count). The SMILES string of the molecule is CCN1CCN(CC(C)CNC(=NC)NCCC(C)C)CC1. The number of piperazine rings is 1. The first-order valence-corrected chi connectivity index (χ1v) is 8.94. The van der Waals surface area contributed by atoms with Crippen molar-refractivity contribution in [2.75, 3.05) is 59.4 Å². The van der Waals surface area contributed by atoms with E-state index in [1.165, 1.54) is 45.7 Å². The van der Waals surface area contributed by atoms with Gasteiger partial charge in [-0.05, 0) is 24.8 Å². The minimum Gasteiger partial charge on any atom is -0.356 e. The van der Waals surface area contributed by atoms with Crippen LogP contribution in [0.25, 0.3) is 0 Å². The van der Waals surface area contributed by atoms with E-state index < -0.39 is 0 Å². The summed E-state index contributed by atoms with van der Waals surface area (Å²) in [5.74, 6) is 2.30. The zero-order chi connectivity index (χ0) is 16.4. The van der Waals surface area contributed by atoms with Crippen molar-refractivity contribution in [1.82, 2.24) is 20.4 Å². The summed E-state index contributed by atoms with van der Waals surface area (Å²) in [5.41, 5.74) is 0. The molecule has 1 saturated heterocycles. The molecule has 0 aromatic heterocycles. The van der Waals surface area contributed by atoms with Gasteiger partial charge in [0.15, 0.2) is 5.96 Å². The third-order valence-corrected chi connectivity index (χ3v) is 4.34. The van der Waals surface area contributed by atoms with Crippen molar-refractivity contribution < 1.29 is 0 Å². The molecule has 1 unspecified atom stereocenters. The van der Waals surface area contributed by atoms with Gasteiger partial charge < -0.3 is 20.4 Å². The van der Waals surface area contributed by atoms with E-state index in [2.05, 4.69) is 53.1 Å². The van der Waals surface area contributed by atoms with Crippen molar-refractivity contribution in [2.45, 2.75) is 34.1 Å². The molecule has 0 aromatic carbocycles. The third-order valence-electron chi connectivity index (χ3n) is 4.34. The molecule has 0 aliphatic carbocycles. The molecule has 0 bridgehead atoms. The fourth-order valence-electron chi connectivity index (χ4n) is 2.76. The highest BCUT2D eigenvalue weighted by Gasteiger charge is 2.17. The lowest BCUT2D eigenvalue weighted by atomic mass is 10.1. The molecule has 0 radical (unpaired) electrons. The first-order valence-electron chi connectivity index (χ1n) is 8.94. The van der Waals surface area contributed by atoms with Gasteiger partial charge in [0.1, 0.15) is 0 Å². The molecule has 22 heavy (non-hydrogen) atoms. The quantitative estimate of drug-likeness (QED) is 0.526. The minimum atomic E-state index is 0.636. The van der Waals surface area contributed by atoms with Crippen LogP contribution in [0.5, 0.6) is 0 Å². The average molecular weight is 312 g/mol. The largest absolute Gasteiger partial charge is 0.356 e. The molecule has 5 nitrogen and oxygen atoms in total. The van der Waals surface area contributed by atoms with Crippen molar-refractivity contribution in [2.24, 2.45) is 16.8 Å². The van der Waals surface area contributed by atoms with Crippen LogP contribution in [0.2, 0.25) is 0 Å². The monoisotopic (exact) mass is 311 g/mol. The summed E-state index contributed by atoms with van der Waals surface area (Å²) in [4.78, 5) is 9.42. The van der Waals surface area contributed by atoms with E-state index in [1.54, 1.807) is 0 Å². The fraction of sp³-hybridized carbons (Fsp3) is 0.941. The Morgan fingerprint density at radius 2 is 1.68 bits per heavy atom. The van der Waals surface area contributed by atoms with Gasteiger partial charge in [0, 0.05) is 52.9 Å². The molecule has 1 atom stereocenters. The van der Waals surface area contributed by atoms with Crippen molar-refractivity contribution in [1.29, 1.82) is 0 Å². The van der Waals surface area contributed by atoms with Crippen molar-refractivity contribution in [3.05, 3.63) is 0 Å². The number of hydrogen-bond acceptors (Lipinski definition) is 3. The van der Waals surface area contributed by atoms with E-state index >= 15 is 0 Å². The lowest BCUT2D eigenvalue weighted by Crippen LogP contribution is -2.48. The molecule has 1 heterocycles. The average Bonchev–Trinajstić information content (AvgIpc) is 2.51. The number of likely N-dealkylation sites (N-methyl/N-ethyl adjacent to an activating group) is 1. The summed E-state index contributed by atoms with van der Waals surface area (Å²) in [6.45, 7) is 18.2.